The number of amides is 1. The number of benzene rings is 2. The van der Waals surface area contributed by atoms with Crippen LogP contribution in [0.3, 0.4) is 0 Å². The van der Waals surface area contributed by atoms with Crippen LogP contribution in [0.1, 0.15) is 41.7 Å². The molecule has 8 nitrogen and oxygen atoms in total. The lowest BCUT2D eigenvalue weighted by molar-refractivity contribution is -0.131. The molecule has 1 aromatic heterocycles. The number of ether oxygens (including phenoxy) is 1. The maximum absolute atomic E-state index is 13.3. The predicted octanol–water partition coefficient (Wildman–Crippen LogP) is 3.34. The van der Waals surface area contributed by atoms with Crippen molar-refractivity contribution in [3.05, 3.63) is 70.3 Å². The maximum atomic E-state index is 13.3. The van der Waals surface area contributed by atoms with Gasteiger partial charge in [-0.15, -0.1) is 10.2 Å². The smallest absolute Gasteiger partial charge is 0.225 e. The first-order valence-electron chi connectivity index (χ1n) is 11.5. The fourth-order valence-electron chi connectivity index (χ4n) is 4.57. The molecule has 176 valence electrons. The molecule has 1 N–H and O–H groups in total. The number of hydrogen-bond donors (Lipinski definition) is 1. The van der Waals surface area contributed by atoms with Crippen LogP contribution in [-0.4, -0.2) is 64.6 Å². The molecular formula is C25H27ClN6O2. The molecule has 1 unspecified atom stereocenters. The summed E-state index contributed by atoms with van der Waals surface area (Å²) < 4.78 is 7.53. The van der Waals surface area contributed by atoms with E-state index >= 15 is 0 Å². The number of nitrogens with zero attached hydrogens (tertiary/aromatic N) is 5. The summed E-state index contributed by atoms with van der Waals surface area (Å²) in [5.41, 5.74) is 3.47. The molecule has 5 rings (SSSR count). The van der Waals surface area contributed by atoms with E-state index in [-0.39, 0.29) is 12.3 Å². The van der Waals surface area contributed by atoms with Gasteiger partial charge in [0.15, 0.2) is 5.82 Å². The second-order valence-corrected chi connectivity index (χ2v) is 8.95. The topological polar surface area (TPSA) is 84.6 Å². The van der Waals surface area contributed by atoms with Crippen molar-refractivity contribution in [2.24, 2.45) is 4.99 Å². The lowest BCUT2D eigenvalue weighted by Gasteiger charge is -2.22. The second kappa shape index (κ2) is 9.56. The third-order valence-corrected chi connectivity index (χ3v) is 6.56. The lowest BCUT2D eigenvalue weighted by atomic mass is 10.00. The van der Waals surface area contributed by atoms with Crippen LogP contribution < -0.4 is 10.1 Å². The van der Waals surface area contributed by atoms with Crippen LogP contribution in [0, 0.1) is 6.92 Å². The quantitative estimate of drug-likeness (QED) is 0.621. The van der Waals surface area contributed by atoms with E-state index in [2.05, 4.69) is 15.5 Å². The molecule has 2 aliphatic heterocycles. The Balaban J connectivity index is 1.64. The van der Waals surface area contributed by atoms with Crippen molar-refractivity contribution >= 4 is 23.2 Å². The van der Waals surface area contributed by atoms with E-state index in [0.29, 0.717) is 17.4 Å². The predicted molar refractivity (Wildman–Crippen MR) is 131 cm³/mol. The largest absolute Gasteiger partial charge is 0.497 e. The molecule has 0 aliphatic carbocycles. The summed E-state index contributed by atoms with van der Waals surface area (Å²) in [5, 5.41) is 12.8. The van der Waals surface area contributed by atoms with Gasteiger partial charge >= 0.3 is 0 Å². The number of hydrogen-bond acceptors (Lipinski definition) is 6. The molecule has 0 bridgehead atoms. The second-order valence-electron chi connectivity index (χ2n) is 8.51. The molecule has 0 spiro atoms. The molecule has 0 saturated carbocycles. The van der Waals surface area contributed by atoms with Gasteiger partial charge in [0.2, 0.25) is 5.91 Å². The van der Waals surface area contributed by atoms with Crippen molar-refractivity contribution in [2.75, 3.05) is 33.3 Å². The van der Waals surface area contributed by atoms with Gasteiger partial charge in [-0.2, -0.15) is 0 Å². The number of carbonyl (C=O) groups is 1. The Labute approximate surface area is 203 Å². The van der Waals surface area contributed by atoms with Crippen LogP contribution in [0.4, 0.5) is 0 Å². The fraction of sp³-hybridized carbons (Fsp3) is 0.360. The average molecular weight is 479 g/mol. The van der Waals surface area contributed by atoms with Crippen LogP contribution >= 0.6 is 11.6 Å². The zero-order chi connectivity index (χ0) is 23.7. The summed E-state index contributed by atoms with van der Waals surface area (Å²) in [5.74, 6) is 2.20. The van der Waals surface area contributed by atoms with Crippen LogP contribution in [0.15, 0.2) is 47.5 Å². The Morgan fingerprint density at radius 3 is 2.76 bits per heavy atom. The first-order valence-corrected chi connectivity index (χ1v) is 11.9. The van der Waals surface area contributed by atoms with Gasteiger partial charge in [-0.3, -0.25) is 14.4 Å². The molecule has 34 heavy (non-hydrogen) atoms. The van der Waals surface area contributed by atoms with Gasteiger partial charge < -0.3 is 15.0 Å². The molecule has 1 fully saturated rings. The lowest BCUT2D eigenvalue weighted by Crippen LogP contribution is -2.35. The molecule has 9 heteroatoms. The number of fused-ring (bicyclic) bond motifs is 3. The highest BCUT2D eigenvalue weighted by atomic mass is 35.5. The van der Waals surface area contributed by atoms with Crippen molar-refractivity contribution in [2.45, 2.75) is 25.8 Å². The molecule has 3 heterocycles. The summed E-state index contributed by atoms with van der Waals surface area (Å²) >= 11 is 6.17. The van der Waals surface area contributed by atoms with Crippen LogP contribution in [0.2, 0.25) is 5.02 Å². The summed E-state index contributed by atoms with van der Waals surface area (Å²) in [6.45, 7) is 5.09. The standard InChI is InChI=1S/C25H27ClN6O2/c1-16-29-30-25-21(15-23(33)31-12-3-10-27-11-13-31)28-24(17-4-6-18(26)7-5-17)20-14-19(34-2)8-9-22(20)32(16)25/h4-9,14,21,27H,3,10-13,15H2,1-2H3. The Morgan fingerprint density at radius 2 is 1.97 bits per heavy atom. The molecule has 3 aromatic rings. The summed E-state index contributed by atoms with van der Waals surface area (Å²) in [6.07, 6.45) is 1.16. The van der Waals surface area contributed by atoms with E-state index in [1.807, 2.05) is 58.9 Å². The van der Waals surface area contributed by atoms with Crippen molar-refractivity contribution in [3.8, 4) is 11.4 Å². The Kier molecular flexibility index (Phi) is 6.34. The van der Waals surface area contributed by atoms with Crippen LogP contribution in [0.25, 0.3) is 5.69 Å². The Morgan fingerprint density at radius 1 is 1.15 bits per heavy atom. The van der Waals surface area contributed by atoms with Crippen LogP contribution in [-0.2, 0) is 4.79 Å². The van der Waals surface area contributed by atoms with Gasteiger partial charge in [0.1, 0.15) is 17.6 Å². The minimum atomic E-state index is -0.478. The zero-order valence-corrected chi connectivity index (χ0v) is 20.0. The number of carbonyl (C=O) groups excluding carboxylic acids is 1. The fourth-order valence-corrected chi connectivity index (χ4v) is 4.69. The number of aromatic nitrogens is 3. The van der Waals surface area contributed by atoms with Crippen molar-refractivity contribution < 1.29 is 9.53 Å². The highest BCUT2D eigenvalue weighted by Crippen LogP contribution is 2.34. The minimum absolute atomic E-state index is 0.0728. The number of halogens is 1. The number of aliphatic imine (C=N–C) groups is 1. The van der Waals surface area contributed by atoms with Crippen molar-refractivity contribution in [1.29, 1.82) is 0 Å². The number of nitrogens with one attached hydrogen (secondary N) is 1. The third kappa shape index (κ3) is 4.31. The normalized spacial score (nSPS) is 17.8. The van der Waals surface area contributed by atoms with Crippen molar-refractivity contribution in [3.63, 3.8) is 0 Å². The van der Waals surface area contributed by atoms with E-state index in [0.717, 1.165) is 60.2 Å². The summed E-state index contributed by atoms with van der Waals surface area (Å²) in [7, 11) is 1.64. The highest BCUT2D eigenvalue weighted by molar-refractivity contribution is 6.30. The van der Waals surface area contributed by atoms with E-state index < -0.39 is 6.04 Å². The van der Waals surface area contributed by atoms with Gasteiger partial charge in [0, 0.05) is 35.8 Å². The van der Waals surface area contributed by atoms with Gasteiger partial charge in [-0.25, -0.2) is 0 Å². The number of rotatable bonds is 4. The molecule has 1 saturated heterocycles. The van der Waals surface area contributed by atoms with E-state index in [4.69, 9.17) is 21.3 Å². The molecular weight excluding hydrogens is 452 g/mol. The maximum Gasteiger partial charge on any atom is 0.225 e. The van der Waals surface area contributed by atoms with E-state index in [9.17, 15) is 4.79 Å². The molecule has 1 atom stereocenters. The molecule has 0 radical (unpaired) electrons. The van der Waals surface area contributed by atoms with E-state index in [1.165, 1.54) is 0 Å². The Bertz CT molecular complexity index is 1230. The van der Waals surface area contributed by atoms with Gasteiger partial charge in [0.05, 0.1) is 24.9 Å². The zero-order valence-electron chi connectivity index (χ0n) is 19.3. The summed E-state index contributed by atoms with van der Waals surface area (Å²) in [4.78, 5) is 20.4. The van der Waals surface area contributed by atoms with E-state index in [1.54, 1.807) is 7.11 Å². The summed E-state index contributed by atoms with van der Waals surface area (Å²) in [6, 6.07) is 13.0. The van der Waals surface area contributed by atoms with Gasteiger partial charge in [0.25, 0.3) is 0 Å². The van der Waals surface area contributed by atoms with Crippen LogP contribution in [0.5, 0.6) is 5.75 Å². The molecule has 1 amide bonds. The highest BCUT2D eigenvalue weighted by Gasteiger charge is 2.31. The Hall–Kier alpha value is -3.23. The first-order chi connectivity index (χ1) is 16.5. The molecule has 2 aliphatic rings. The SMILES string of the molecule is COc1ccc2c(c1)C(c1ccc(Cl)cc1)=NC(CC(=O)N1CCCNCC1)c1nnc(C)n1-2. The number of methoxy groups -OCH3 is 1. The van der Waals surface area contributed by atoms with Gasteiger partial charge in [-0.05, 0) is 50.2 Å². The third-order valence-electron chi connectivity index (χ3n) is 6.31. The van der Waals surface area contributed by atoms with Crippen molar-refractivity contribution in [1.82, 2.24) is 25.0 Å². The van der Waals surface area contributed by atoms with Gasteiger partial charge in [-0.1, -0.05) is 23.7 Å². The monoisotopic (exact) mass is 478 g/mol. The first kappa shape index (κ1) is 22.6. The number of aryl methyl sites for hydroxylation is 1. The average Bonchev–Trinajstić information content (AvgIpc) is 3.02. The molecule has 2 aromatic carbocycles. The minimum Gasteiger partial charge on any atom is -0.497 e.